The second kappa shape index (κ2) is 13.9. The van der Waals surface area contributed by atoms with E-state index in [4.69, 9.17) is 19.9 Å². The summed E-state index contributed by atoms with van der Waals surface area (Å²) in [5, 5.41) is 2.46. The van der Waals surface area contributed by atoms with E-state index in [0.717, 1.165) is 50.7 Å². The maximum absolute atomic E-state index is 5.16. The lowest BCUT2D eigenvalue weighted by molar-refractivity contribution is 0.779. The lowest BCUT2D eigenvalue weighted by Crippen LogP contribution is -2.16. The van der Waals surface area contributed by atoms with E-state index in [0.29, 0.717) is 23.9 Å². The molecule has 1 unspecified atom stereocenters. The second-order valence-electron chi connectivity index (χ2n) is 13.6. The van der Waals surface area contributed by atoms with Crippen LogP contribution in [0.4, 0.5) is 0 Å². The van der Waals surface area contributed by atoms with E-state index in [1.54, 1.807) is 12.4 Å². The molecule has 9 aromatic rings. The van der Waals surface area contributed by atoms with E-state index in [-0.39, 0.29) is 5.92 Å². The van der Waals surface area contributed by atoms with Crippen LogP contribution in [0.2, 0.25) is 0 Å². The highest BCUT2D eigenvalue weighted by atomic mass is 15.0. The molecular formula is C48H33N7. The average Bonchev–Trinajstić information content (AvgIpc) is 3.61. The smallest absolute Gasteiger partial charge is 0.163 e. The van der Waals surface area contributed by atoms with Gasteiger partial charge in [-0.3, -0.25) is 9.97 Å². The van der Waals surface area contributed by atoms with Crippen molar-refractivity contribution < 1.29 is 0 Å². The number of allylic oxidation sites excluding steroid dienone is 1. The molecule has 10 rings (SSSR count). The van der Waals surface area contributed by atoms with E-state index in [1.165, 1.54) is 21.8 Å². The van der Waals surface area contributed by atoms with Gasteiger partial charge < -0.3 is 4.57 Å². The Morgan fingerprint density at radius 3 is 1.80 bits per heavy atom. The number of benzene rings is 5. The van der Waals surface area contributed by atoms with Gasteiger partial charge in [-0.25, -0.2) is 19.9 Å². The molecule has 260 valence electrons. The summed E-state index contributed by atoms with van der Waals surface area (Å²) in [7, 11) is 0. The first kappa shape index (κ1) is 32.3. The number of aromatic nitrogens is 6. The van der Waals surface area contributed by atoms with Crippen molar-refractivity contribution in [3.8, 4) is 39.6 Å². The summed E-state index contributed by atoms with van der Waals surface area (Å²) in [6, 6.07) is 56.3. The Labute approximate surface area is 318 Å². The quantitative estimate of drug-likeness (QED) is 0.165. The Kier molecular flexibility index (Phi) is 8.15. The fourth-order valence-corrected chi connectivity index (χ4v) is 7.42. The van der Waals surface area contributed by atoms with Crippen LogP contribution in [0.3, 0.4) is 0 Å². The van der Waals surface area contributed by atoms with Crippen molar-refractivity contribution in [2.45, 2.75) is 12.3 Å². The highest BCUT2D eigenvalue weighted by Gasteiger charge is 2.25. The van der Waals surface area contributed by atoms with Gasteiger partial charge in [0.2, 0.25) is 0 Å². The Balaban J connectivity index is 1.06. The lowest BCUT2D eigenvalue weighted by atomic mass is 9.94. The zero-order valence-electron chi connectivity index (χ0n) is 29.7. The molecule has 5 heterocycles. The van der Waals surface area contributed by atoms with Crippen molar-refractivity contribution in [3.05, 3.63) is 199 Å². The van der Waals surface area contributed by atoms with E-state index in [1.807, 2.05) is 66.7 Å². The zero-order valence-corrected chi connectivity index (χ0v) is 29.7. The van der Waals surface area contributed by atoms with Gasteiger partial charge in [0, 0.05) is 52.3 Å². The minimum atomic E-state index is -0.182. The SMILES string of the molecule is C1=C(c2ccccn2)N=C(c2ccccn2)CC1c1nc(-c2ccccc2)nc(-c2ccc(-c3ccc4c5ccccc5n(-c5ccccc5)c4c3)cc2)n1. The summed E-state index contributed by atoms with van der Waals surface area (Å²) in [5.41, 5.74) is 10.8. The summed E-state index contributed by atoms with van der Waals surface area (Å²) in [4.78, 5) is 29.6. The molecule has 0 radical (unpaired) electrons. The van der Waals surface area contributed by atoms with Crippen molar-refractivity contribution >= 4 is 33.2 Å². The molecule has 0 bridgehead atoms. The minimum absolute atomic E-state index is 0.182. The molecule has 5 aromatic carbocycles. The highest BCUT2D eigenvalue weighted by Crippen LogP contribution is 2.36. The van der Waals surface area contributed by atoms with Crippen LogP contribution in [0.15, 0.2) is 187 Å². The molecule has 1 aliphatic heterocycles. The number of hydrogen-bond acceptors (Lipinski definition) is 6. The summed E-state index contributed by atoms with van der Waals surface area (Å²) >= 11 is 0. The van der Waals surface area contributed by atoms with Gasteiger partial charge in [0.05, 0.1) is 33.8 Å². The van der Waals surface area contributed by atoms with Gasteiger partial charge in [0.25, 0.3) is 0 Å². The summed E-state index contributed by atoms with van der Waals surface area (Å²) in [5.74, 6) is 1.73. The monoisotopic (exact) mass is 707 g/mol. The molecule has 55 heavy (non-hydrogen) atoms. The van der Waals surface area contributed by atoms with Crippen molar-refractivity contribution in [1.82, 2.24) is 29.5 Å². The number of nitrogens with zero attached hydrogens (tertiary/aromatic N) is 7. The highest BCUT2D eigenvalue weighted by molar-refractivity contribution is 6.10. The van der Waals surface area contributed by atoms with Crippen LogP contribution < -0.4 is 0 Å². The van der Waals surface area contributed by atoms with Crippen molar-refractivity contribution in [2.24, 2.45) is 4.99 Å². The van der Waals surface area contributed by atoms with Crippen LogP contribution in [-0.2, 0) is 0 Å². The number of aliphatic imine (C=N–C) groups is 1. The Morgan fingerprint density at radius 1 is 0.473 bits per heavy atom. The third-order valence-corrected chi connectivity index (χ3v) is 10.1. The molecule has 0 fully saturated rings. The standard InChI is InChI=1S/C48H33N7/c1-3-13-33(14-4-1)46-52-47(54-48(53-46)36-29-42(40-18-9-11-27-49-40)51-43(30-36)41-19-10-12-28-50-41)34-23-21-32(22-24-34)35-25-26-39-38-17-7-8-20-44(38)55(45(39)31-35)37-15-5-2-6-16-37/h1-29,31,36H,30H2. The van der Waals surface area contributed by atoms with Crippen molar-refractivity contribution in [3.63, 3.8) is 0 Å². The third kappa shape index (κ3) is 6.17. The zero-order chi connectivity index (χ0) is 36.6. The fourth-order valence-electron chi connectivity index (χ4n) is 7.42. The van der Waals surface area contributed by atoms with Gasteiger partial charge >= 0.3 is 0 Å². The Morgan fingerprint density at radius 2 is 1.07 bits per heavy atom. The van der Waals surface area contributed by atoms with Crippen molar-refractivity contribution in [1.29, 1.82) is 0 Å². The molecular weight excluding hydrogens is 675 g/mol. The van der Waals surface area contributed by atoms with Gasteiger partial charge in [0.1, 0.15) is 5.82 Å². The summed E-state index contributed by atoms with van der Waals surface area (Å²) < 4.78 is 2.35. The van der Waals surface area contributed by atoms with Crippen LogP contribution >= 0.6 is 0 Å². The van der Waals surface area contributed by atoms with E-state index in [9.17, 15) is 0 Å². The maximum Gasteiger partial charge on any atom is 0.163 e. The predicted octanol–water partition coefficient (Wildman–Crippen LogP) is 10.8. The van der Waals surface area contributed by atoms with Crippen LogP contribution in [-0.4, -0.2) is 35.2 Å². The third-order valence-electron chi connectivity index (χ3n) is 10.1. The molecule has 0 saturated carbocycles. The number of rotatable bonds is 7. The van der Waals surface area contributed by atoms with Gasteiger partial charge in [-0.1, -0.05) is 115 Å². The lowest BCUT2D eigenvalue weighted by Gasteiger charge is -2.20. The second-order valence-corrected chi connectivity index (χ2v) is 13.6. The van der Waals surface area contributed by atoms with Crippen molar-refractivity contribution in [2.75, 3.05) is 0 Å². The molecule has 0 aliphatic carbocycles. The first-order valence-electron chi connectivity index (χ1n) is 18.4. The molecule has 7 nitrogen and oxygen atoms in total. The van der Waals surface area contributed by atoms with Crippen LogP contribution in [0.25, 0.3) is 67.1 Å². The topological polar surface area (TPSA) is 81.7 Å². The molecule has 0 amide bonds. The fraction of sp³-hybridized carbons (Fsp3) is 0.0417. The van der Waals surface area contributed by atoms with E-state index >= 15 is 0 Å². The summed E-state index contributed by atoms with van der Waals surface area (Å²) in [6.45, 7) is 0. The Bertz CT molecular complexity index is 2870. The normalized spacial score (nSPS) is 14.1. The summed E-state index contributed by atoms with van der Waals surface area (Å²) in [6.07, 6.45) is 6.29. The molecule has 0 saturated heterocycles. The molecule has 0 spiro atoms. The first-order valence-corrected chi connectivity index (χ1v) is 18.4. The molecule has 1 atom stereocenters. The minimum Gasteiger partial charge on any atom is -0.309 e. The van der Waals surface area contributed by atoms with E-state index < -0.39 is 0 Å². The number of para-hydroxylation sites is 2. The number of fused-ring (bicyclic) bond motifs is 3. The predicted molar refractivity (Wildman–Crippen MR) is 221 cm³/mol. The first-order chi connectivity index (χ1) is 27.2. The van der Waals surface area contributed by atoms with Crippen LogP contribution in [0, 0.1) is 0 Å². The average molecular weight is 708 g/mol. The number of hydrogen-bond donors (Lipinski definition) is 0. The molecule has 7 heteroatoms. The van der Waals surface area contributed by atoms with Gasteiger partial charge in [0.15, 0.2) is 11.6 Å². The van der Waals surface area contributed by atoms with Gasteiger partial charge in [-0.15, -0.1) is 0 Å². The van der Waals surface area contributed by atoms with Gasteiger partial charge in [-0.05, 0) is 65.7 Å². The molecule has 0 N–H and O–H groups in total. The number of pyridine rings is 2. The Hall–Kier alpha value is -7.38. The largest absolute Gasteiger partial charge is 0.309 e. The molecule has 4 aromatic heterocycles. The maximum atomic E-state index is 5.16. The van der Waals surface area contributed by atoms with Crippen LogP contribution in [0.1, 0.15) is 29.6 Å². The van der Waals surface area contributed by atoms with E-state index in [2.05, 4.69) is 118 Å². The van der Waals surface area contributed by atoms with Crippen LogP contribution in [0.5, 0.6) is 0 Å². The van der Waals surface area contributed by atoms with Gasteiger partial charge in [-0.2, -0.15) is 0 Å². The molecule has 1 aliphatic rings.